The molecular weight excluding hydrogens is 452 g/mol. The van der Waals surface area contributed by atoms with Gasteiger partial charge in [0.2, 0.25) is 5.91 Å². The number of nitrogens with zero attached hydrogens (tertiary/aromatic N) is 1. The second-order valence-corrected chi connectivity index (χ2v) is 9.47. The van der Waals surface area contributed by atoms with E-state index in [4.69, 9.17) is 9.47 Å². The predicted molar refractivity (Wildman–Crippen MR) is 123 cm³/mol. The van der Waals surface area contributed by atoms with Crippen LogP contribution in [0.5, 0.6) is 5.75 Å². The fourth-order valence-corrected chi connectivity index (χ4v) is 5.49. The van der Waals surface area contributed by atoms with Crippen LogP contribution < -0.4 is 14.4 Å². The highest BCUT2D eigenvalue weighted by molar-refractivity contribution is 7.94. The lowest BCUT2D eigenvalue weighted by atomic mass is 10.2. The molecule has 8 nitrogen and oxygen atoms in total. The molecule has 0 spiro atoms. The van der Waals surface area contributed by atoms with E-state index in [9.17, 15) is 18.0 Å². The van der Waals surface area contributed by atoms with Crippen molar-refractivity contribution in [2.75, 3.05) is 29.9 Å². The van der Waals surface area contributed by atoms with Gasteiger partial charge in [-0.05, 0) is 42.6 Å². The van der Waals surface area contributed by atoms with Gasteiger partial charge in [-0.25, -0.2) is 13.2 Å². The zero-order chi connectivity index (χ0) is 23.1. The molecule has 0 bridgehead atoms. The maximum Gasteiger partial charge on any atom is 0.340 e. The molecule has 0 atom stereocenters. The Morgan fingerprint density at radius 1 is 1.03 bits per heavy atom. The summed E-state index contributed by atoms with van der Waals surface area (Å²) >= 11 is 1.05. The average Bonchev–Trinajstić information content (AvgIpc) is 3.34. The number of esters is 1. The molecule has 1 amide bonds. The van der Waals surface area contributed by atoms with Crippen LogP contribution in [0.3, 0.4) is 0 Å². The van der Waals surface area contributed by atoms with Crippen molar-refractivity contribution in [3.05, 3.63) is 71.6 Å². The van der Waals surface area contributed by atoms with Gasteiger partial charge in [0, 0.05) is 0 Å². The van der Waals surface area contributed by atoms with E-state index in [2.05, 4.69) is 5.32 Å². The summed E-state index contributed by atoms with van der Waals surface area (Å²) in [6, 6.07) is 16.0. The van der Waals surface area contributed by atoms with Crippen molar-refractivity contribution in [2.24, 2.45) is 0 Å². The van der Waals surface area contributed by atoms with Crippen LogP contribution in [0.25, 0.3) is 0 Å². The van der Waals surface area contributed by atoms with Crippen LogP contribution in [0.4, 0.5) is 11.4 Å². The van der Waals surface area contributed by atoms with E-state index in [1.165, 1.54) is 19.2 Å². The second-order valence-electron chi connectivity index (χ2n) is 6.43. The maximum atomic E-state index is 13.3. The van der Waals surface area contributed by atoms with Gasteiger partial charge in [0.1, 0.15) is 16.5 Å². The minimum absolute atomic E-state index is 0.0862. The molecule has 0 unspecified atom stereocenters. The van der Waals surface area contributed by atoms with Crippen LogP contribution in [0.2, 0.25) is 0 Å². The monoisotopic (exact) mass is 474 g/mol. The summed E-state index contributed by atoms with van der Waals surface area (Å²) in [5.74, 6) is -0.920. The lowest BCUT2D eigenvalue weighted by Crippen LogP contribution is -2.38. The number of para-hydroxylation sites is 3. The van der Waals surface area contributed by atoms with Gasteiger partial charge in [-0.3, -0.25) is 9.10 Å². The Morgan fingerprint density at radius 2 is 1.75 bits per heavy atom. The predicted octanol–water partition coefficient (Wildman–Crippen LogP) is 3.77. The molecule has 0 aliphatic rings. The molecule has 3 aromatic rings. The molecule has 0 saturated heterocycles. The summed E-state index contributed by atoms with van der Waals surface area (Å²) in [6.45, 7) is 1.33. The van der Waals surface area contributed by atoms with Crippen molar-refractivity contribution >= 4 is 44.6 Å². The van der Waals surface area contributed by atoms with Crippen molar-refractivity contribution < 1.29 is 27.5 Å². The Morgan fingerprint density at radius 3 is 2.44 bits per heavy atom. The number of nitrogens with one attached hydrogen (secondary N) is 1. The summed E-state index contributed by atoms with van der Waals surface area (Å²) in [7, 11) is -2.63. The number of methoxy groups -OCH3 is 1. The number of amides is 1. The van der Waals surface area contributed by atoms with E-state index in [1.54, 1.807) is 60.8 Å². The molecule has 0 aliphatic carbocycles. The standard InChI is InChI=1S/C22H22N2O6S2/c1-3-30-22(26)16-9-4-5-10-17(16)23-20(25)15-24(18-11-6-7-12-19(18)29-2)32(27,28)21-13-8-14-31-21/h4-14H,3,15H2,1-2H3,(H,23,25). The minimum Gasteiger partial charge on any atom is -0.495 e. The number of anilines is 2. The van der Waals surface area contributed by atoms with Gasteiger partial charge in [-0.2, -0.15) is 0 Å². The smallest absolute Gasteiger partial charge is 0.340 e. The SMILES string of the molecule is CCOC(=O)c1ccccc1NC(=O)CN(c1ccccc1OC)S(=O)(=O)c1cccs1. The molecule has 1 N–H and O–H groups in total. The summed E-state index contributed by atoms with van der Waals surface area (Å²) < 4.78 is 38.1. The Kier molecular flexibility index (Phi) is 7.49. The molecule has 168 valence electrons. The van der Waals surface area contributed by atoms with E-state index >= 15 is 0 Å². The number of benzene rings is 2. The topological polar surface area (TPSA) is 102 Å². The summed E-state index contributed by atoms with van der Waals surface area (Å²) in [6.07, 6.45) is 0. The summed E-state index contributed by atoms with van der Waals surface area (Å²) in [5, 5.41) is 4.26. The van der Waals surface area contributed by atoms with Gasteiger partial charge in [0.15, 0.2) is 0 Å². The number of carbonyl (C=O) groups is 2. The van der Waals surface area contributed by atoms with Crippen LogP contribution in [0, 0.1) is 0 Å². The molecule has 1 aromatic heterocycles. The molecule has 0 saturated carbocycles. The first kappa shape index (κ1) is 23.3. The van der Waals surface area contributed by atoms with E-state index in [1.807, 2.05) is 0 Å². The number of rotatable bonds is 9. The van der Waals surface area contributed by atoms with Crippen LogP contribution in [0.1, 0.15) is 17.3 Å². The Labute approximate surface area is 190 Å². The highest BCUT2D eigenvalue weighted by Crippen LogP contribution is 2.33. The second kappa shape index (κ2) is 10.3. The fraction of sp³-hybridized carbons (Fsp3) is 0.182. The Balaban J connectivity index is 1.95. The van der Waals surface area contributed by atoms with Crippen LogP contribution in [-0.4, -0.2) is 40.6 Å². The number of ether oxygens (including phenoxy) is 2. The third-order valence-corrected chi connectivity index (χ3v) is 7.51. The van der Waals surface area contributed by atoms with Crippen molar-refractivity contribution in [2.45, 2.75) is 11.1 Å². The van der Waals surface area contributed by atoms with Crippen molar-refractivity contribution in [1.29, 1.82) is 0 Å². The molecular formula is C22H22N2O6S2. The molecule has 3 rings (SSSR count). The minimum atomic E-state index is -4.05. The van der Waals surface area contributed by atoms with E-state index in [-0.39, 0.29) is 27.8 Å². The largest absolute Gasteiger partial charge is 0.495 e. The molecule has 0 aliphatic heterocycles. The first-order valence-electron chi connectivity index (χ1n) is 9.63. The van der Waals surface area contributed by atoms with Gasteiger partial charge in [0.25, 0.3) is 10.0 Å². The molecule has 1 heterocycles. The summed E-state index contributed by atoms with van der Waals surface area (Å²) in [5.41, 5.74) is 0.620. The zero-order valence-electron chi connectivity index (χ0n) is 17.5. The maximum absolute atomic E-state index is 13.3. The van der Waals surface area contributed by atoms with Crippen molar-refractivity contribution in [3.63, 3.8) is 0 Å². The van der Waals surface area contributed by atoms with Gasteiger partial charge in [0.05, 0.1) is 30.7 Å². The van der Waals surface area contributed by atoms with Gasteiger partial charge in [-0.15, -0.1) is 11.3 Å². The normalized spacial score (nSPS) is 10.9. The lowest BCUT2D eigenvalue weighted by molar-refractivity contribution is -0.114. The highest BCUT2D eigenvalue weighted by atomic mass is 32.2. The zero-order valence-corrected chi connectivity index (χ0v) is 19.1. The molecule has 2 aromatic carbocycles. The van der Waals surface area contributed by atoms with Crippen LogP contribution in [0.15, 0.2) is 70.3 Å². The first-order chi connectivity index (χ1) is 15.4. The van der Waals surface area contributed by atoms with E-state index in [0.717, 1.165) is 15.6 Å². The molecule has 32 heavy (non-hydrogen) atoms. The highest BCUT2D eigenvalue weighted by Gasteiger charge is 2.30. The van der Waals surface area contributed by atoms with Gasteiger partial charge < -0.3 is 14.8 Å². The van der Waals surface area contributed by atoms with E-state index in [0.29, 0.717) is 5.75 Å². The third-order valence-electron chi connectivity index (χ3n) is 4.38. The number of sulfonamides is 1. The van der Waals surface area contributed by atoms with Crippen LogP contribution >= 0.6 is 11.3 Å². The number of carbonyl (C=O) groups excluding carboxylic acids is 2. The Hall–Kier alpha value is -3.37. The van der Waals surface area contributed by atoms with Gasteiger partial charge in [-0.1, -0.05) is 30.3 Å². The fourth-order valence-electron chi connectivity index (χ4n) is 2.95. The Bertz CT molecular complexity index is 1190. The van der Waals surface area contributed by atoms with Crippen molar-refractivity contribution in [1.82, 2.24) is 0 Å². The third kappa shape index (κ3) is 5.09. The number of hydrogen-bond donors (Lipinski definition) is 1. The lowest BCUT2D eigenvalue weighted by Gasteiger charge is -2.25. The first-order valence-corrected chi connectivity index (χ1v) is 12.0. The number of thiophene rings is 1. The van der Waals surface area contributed by atoms with Gasteiger partial charge >= 0.3 is 5.97 Å². The summed E-state index contributed by atoms with van der Waals surface area (Å²) in [4.78, 5) is 25.1. The number of hydrogen-bond acceptors (Lipinski definition) is 7. The van der Waals surface area contributed by atoms with Crippen molar-refractivity contribution in [3.8, 4) is 5.75 Å². The molecule has 0 fully saturated rings. The van der Waals surface area contributed by atoms with Crippen LogP contribution in [-0.2, 0) is 19.6 Å². The quantitative estimate of drug-likeness (QED) is 0.474. The van der Waals surface area contributed by atoms with E-state index < -0.39 is 28.4 Å². The average molecular weight is 475 g/mol. The molecule has 0 radical (unpaired) electrons. The molecule has 10 heteroatoms.